The first-order valence-electron chi connectivity index (χ1n) is 13.8. The van der Waals surface area contributed by atoms with Gasteiger partial charge in [-0.2, -0.15) is 0 Å². The van der Waals surface area contributed by atoms with Gasteiger partial charge in [0.15, 0.2) is 0 Å². The average molecular weight is 555 g/mol. The van der Waals surface area contributed by atoms with Gasteiger partial charge in [0.1, 0.15) is 5.75 Å². The first-order valence-corrected chi connectivity index (χ1v) is 15.9. The van der Waals surface area contributed by atoms with E-state index in [2.05, 4.69) is 33.9 Å². The van der Waals surface area contributed by atoms with Gasteiger partial charge in [-0.1, -0.05) is 29.8 Å². The molecule has 8 heteroatoms. The third-order valence-corrected chi connectivity index (χ3v) is 10.5. The molecule has 1 spiro atoms. The van der Waals surface area contributed by atoms with Crippen LogP contribution >= 0.6 is 11.6 Å². The summed E-state index contributed by atoms with van der Waals surface area (Å²) < 4.78 is 33.9. The van der Waals surface area contributed by atoms with Crippen molar-refractivity contribution in [3.8, 4) is 5.75 Å². The molecule has 6 rings (SSSR count). The van der Waals surface area contributed by atoms with Gasteiger partial charge < -0.3 is 9.64 Å². The summed E-state index contributed by atoms with van der Waals surface area (Å²) in [6, 6.07) is 11.6. The number of halogens is 1. The molecule has 2 bridgehead atoms. The lowest BCUT2D eigenvalue weighted by Gasteiger charge is -2.44. The minimum Gasteiger partial charge on any atom is -0.490 e. The number of rotatable bonds is 0. The Morgan fingerprint density at radius 2 is 1.97 bits per heavy atom. The van der Waals surface area contributed by atoms with Gasteiger partial charge in [-0.3, -0.25) is 4.79 Å². The number of ether oxygens (including phenoxy) is 1. The Morgan fingerprint density at radius 3 is 2.82 bits per heavy atom. The van der Waals surface area contributed by atoms with E-state index in [0.29, 0.717) is 30.4 Å². The van der Waals surface area contributed by atoms with E-state index < -0.39 is 15.9 Å². The molecule has 2 aliphatic heterocycles. The molecule has 3 atom stereocenters. The molecule has 0 unspecified atom stereocenters. The van der Waals surface area contributed by atoms with Crippen LogP contribution in [0, 0.1) is 11.8 Å². The van der Waals surface area contributed by atoms with E-state index in [-0.39, 0.29) is 11.2 Å². The highest BCUT2D eigenvalue weighted by Crippen LogP contribution is 2.46. The van der Waals surface area contributed by atoms with Gasteiger partial charge in [-0.15, -0.1) is 0 Å². The maximum absolute atomic E-state index is 13.0. The molecule has 2 aromatic carbocycles. The molecule has 2 aromatic rings. The summed E-state index contributed by atoms with van der Waals surface area (Å²) in [4.78, 5) is 15.5. The molecule has 202 valence electrons. The first kappa shape index (κ1) is 25.8. The van der Waals surface area contributed by atoms with Gasteiger partial charge in [-0.05, 0) is 105 Å². The fourth-order valence-electron chi connectivity index (χ4n) is 6.69. The quantitative estimate of drug-likeness (QED) is 0.427. The zero-order valence-corrected chi connectivity index (χ0v) is 23.2. The van der Waals surface area contributed by atoms with Crippen LogP contribution in [0.4, 0.5) is 5.69 Å². The number of benzene rings is 2. The number of carbonyl (C=O) groups is 1. The van der Waals surface area contributed by atoms with Crippen LogP contribution in [0.25, 0.3) is 0 Å². The van der Waals surface area contributed by atoms with E-state index in [1.807, 2.05) is 18.2 Å². The zero-order chi connectivity index (χ0) is 26.3. The van der Waals surface area contributed by atoms with Crippen LogP contribution in [-0.2, 0) is 21.9 Å². The van der Waals surface area contributed by atoms with Crippen molar-refractivity contribution in [3.05, 3.63) is 70.3 Å². The number of aryl methyl sites for hydroxylation is 1. The first-order chi connectivity index (χ1) is 18.3. The molecule has 1 N–H and O–H groups in total. The lowest BCUT2D eigenvalue weighted by molar-refractivity contribution is 0.0981. The molecule has 1 saturated carbocycles. The number of nitrogens with zero attached hydrogens (tertiary/aromatic N) is 1. The van der Waals surface area contributed by atoms with Crippen molar-refractivity contribution in [2.24, 2.45) is 11.8 Å². The normalized spacial score (nSPS) is 29.6. The van der Waals surface area contributed by atoms with E-state index in [0.717, 1.165) is 61.7 Å². The zero-order valence-electron chi connectivity index (χ0n) is 21.6. The lowest BCUT2D eigenvalue weighted by atomic mass is 9.69. The monoisotopic (exact) mass is 554 g/mol. The molecule has 0 aromatic heterocycles. The van der Waals surface area contributed by atoms with Crippen molar-refractivity contribution >= 4 is 33.2 Å². The maximum Gasteiger partial charge on any atom is 0.264 e. The topological polar surface area (TPSA) is 75.7 Å². The summed E-state index contributed by atoms with van der Waals surface area (Å²) in [5.41, 5.74) is 3.63. The number of hydrogen-bond donors (Lipinski definition) is 1. The number of nitrogens with one attached hydrogen (secondary N) is 1. The Bertz CT molecular complexity index is 1370. The molecule has 2 heterocycles. The molecule has 1 amide bonds. The van der Waals surface area contributed by atoms with Crippen LogP contribution in [-0.4, -0.2) is 39.8 Å². The maximum atomic E-state index is 13.0. The van der Waals surface area contributed by atoms with Gasteiger partial charge in [0, 0.05) is 29.1 Å². The van der Waals surface area contributed by atoms with Crippen LogP contribution in [0.5, 0.6) is 5.75 Å². The van der Waals surface area contributed by atoms with Crippen molar-refractivity contribution in [1.29, 1.82) is 0 Å². The Morgan fingerprint density at radius 1 is 1.08 bits per heavy atom. The summed E-state index contributed by atoms with van der Waals surface area (Å²) in [5, 5.41) is 0.762. The van der Waals surface area contributed by atoms with Crippen molar-refractivity contribution in [2.75, 3.05) is 30.3 Å². The predicted molar refractivity (Wildman–Crippen MR) is 151 cm³/mol. The highest BCUT2D eigenvalue weighted by molar-refractivity contribution is 7.90. The van der Waals surface area contributed by atoms with Crippen molar-refractivity contribution in [1.82, 2.24) is 4.72 Å². The Labute approximate surface area is 230 Å². The SMILES string of the molecule is O=C1NS(=O)(=O)CCCC/C=C/[C@@H]2CC[C@H]2CN2C[C@@]3(CCCc4cc(Cl)ccc43)COc3ccc1cc32. The number of hydrogen-bond acceptors (Lipinski definition) is 5. The molecule has 4 aliphatic rings. The number of sulfonamides is 1. The van der Waals surface area contributed by atoms with Gasteiger partial charge >= 0.3 is 0 Å². The Kier molecular flexibility index (Phi) is 6.93. The van der Waals surface area contributed by atoms with Gasteiger partial charge in [0.05, 0.1) is 18.0 Å². The minimum atomic E-state index is -3.70. The molecule has 0 saturated heterocycles. The number of anilines is 1. The summed E-state index contributed by atoms with van der Waals surface area (Å²) in [7, 11) is -3.70. The number of allylic oxidation sites excluding steroid dienone is 2. The summed E-state index contributed by atoms with van der Waals surface area (Å²) in [6.45, 7) is 2.21. The largest absolute Gasteiger partial charge is 0.490 e. The smallest absolute Gasteiger partial charge is 0.264 e. The van der Waals surface area contributed by atoms with Crippen LogP contribution in [0.2, 0.25) is 5.02 Å². The van der Waals surface area contributed by atoms with Gasteiger partial charge in [0.2, 0.25) is 10.0 Å². The van der Waals surface area contributed by atoms with Gasteiger partial charge in [-0.25, -0.2) is 13.1 Å². The highest BCUT2D eigenvalue weighted by Gasteiger charge is 2.43. The highest BCUT2D eigenvalue weighted by atomic mass is 35.5. The molecular weight excluding hydrogens is 520 g/mol. The summed E-state index contributed by atoms with van der Waals surface area (Å²) in [6.07, 6.45) is 12.2. The van der Waals surface area contributed by atoms with E-state index in [9.17, 15) is 13.2 Å². The summed E-state index contributed by atoms with van der Waals surface area (Å²) in [5.74, 6) is 1.17. The van der Waals surface area contributed by atoms with Crippen LogP contribution in [0.1, 0.15) is 66.4 Å². The lowest BCUT2D eigenvalue weighted by Crippen LogP contribution is -2.48. The average Bonchev–Trinajstić information content (AvgIpc) is 3.02. The number of fused-ring (bicyclic) bond motifs is 4. The van der Waals surface area contributed by atoms with Crippen molar-refractivity contribution < 1.29 is 17.9 Å². The van der Waals surface area contributed by atoms with Crippen molar-refractivity contribution in [3.63, 3.8) is 0 Å². The van der Waals surface area contributed by atoms with Gasteiger partial charge in [0.25, 0.3) is 5.91 Å². The van der Waals surface area contributed by atoms with Crippen molar-refractivity contribution in [2.45, 2.75) is 56.8 Å². The molecule has 38 heavy (non-hydrogen) atoms. The number of amides is 1. The second-order valence-corrected chi connectivity index (χ2v) is 13.7. The number of carbonyl (C=O) groups excluding carboxylic acids is 1. The predicted octanol–water partition coefficient (Wildman–Crippen LogP) is 5.64. The van der Waals surface area contributed by atoms with Crippen LogP contribution < -0.4 is 14.4 Å². The third kappa shape index (κ3) is 5.07. The standard InChI is InChI=1S/C30H35ClN2O4S/c31-25-11-12-26-22(16-25)7-5-14-30(26)19-33-18-24-9-8-21(24)6-3-1-2-4-15-38(35,36)32-29(34)23-10-13-28(37-20-30)27(33)17-23/h3,6,10-13,16-17,21,24H,1-2,4-5,7-9,14-15,18-20H2,(H,32,34)/b6-3+/t21-,24+,30+/m1/s1. The van der Waals surface area contributed by atoms with Crippen LogP contribution in [0.15, 0.2) is 48.6 Å². The summed E-state index contributed by atoms with van der Waals surface area (Å²) >= 11 is 6.37. The molecular formula is C30H35ClN2O4S. The molecule has 2 aliphatic carbocycles. The Hall–Kier alpha value is -2.51. The van der Waals surface area contributed by atoms with E-state index in [1.54, 1.807) is 6.07 Å². The van der Waals surface area contributed by atoms with E-state index >= 15 is 0 Å². The second kappa shape index (κ2) is 10.2. The fraction of sp³-hybridized carbons (Fsp3) is 0.500. The Balaban J connectivity index is 1.41. The van der Waals surface area contributed by atoms with E-state index in [1.165, 1.54) is 24.0 Å². The fourth-order valence-corrected chi connectivity index (χ4v) is 7.97. The molecule has 1 fully saturated rings. The second-order valence-electron chi connectivity index (χ2n) is 11.5. The third-order valence-electron chi connectivity index (χ3n) is 8.90. The molecule has 0 radical (unpaired) electrons. The van der Waals surface area contributed by atoms with Crippen LogP contribution in [0.3, 0.4) is 0 Å². The molecule has 6 nitrogen and oxygen atoms in total. The minimum absolute atomic E-state index is 0.0508. The van der Waals surface area contributed by atoms with E-state index in [4.69, 9.17) is 16.3 Å².